The van der Waals surface area contributed by atoms with Crippen LogP contribution in [0, 0.1) is 0 Å². The van der Waals surface area contributed by atoms with Crippen LogP contribution in [0.3, 0.4) is 0 Å². The molecule has 2 aliphatic heterocycles. The third-order valence-electron chi connectivity index (χ3n) is 5.95. The summed E-state index contributed by atoms with van der Waals surface area (Å²) >= 11 is 0. The molecule has 1 saturated heterocycles. The third-order valence-corrected chi connectivity index (χ3v) is 5.95. The number of pyridine rings is 1. The number of fused-ring (bicyclic) bond motifs is 3. The lowest BCUT2D eigenvalue weighted by Crippen LogP contribution is -2.27. The fraction of sp³-hybridized carbons (Fsp3) is 0.625. The summed E-state index contributed by atoms with van der Waals surface area (Å²) in [6.45, 7) is 13.0. The fourth-order valence-electron chi connectivity index (χ4n) is 4.59. The molecule has 0 radical (unpaired) electrons. The van der Waals surface area contributed by atoms with Crippen LogP contribution in [0.15, 0.2) is 12.1 Å². The number of aromatic nitrogens is 1. The van der Waals surface area contributed by atoms with Gasteiger partial charge in [-0.1, -0.05) is 0 Å². The highest BCUT2D eigenvalue weighted by Gasteiger charge is 2.32. The Kier molecular flexibility index (Phi) is 5.96. The molecule has 30 heavy (non-hydrogen) atoms. The average molecular weight is 413 g/mol. The van der Waals surface area contributed by atoms with Crippen LogP contribution in [0.4, 0.5) is 11.5 Å². The van der Waals surface area contributed by atoms with Gasteiger partial charge >= 0.3 is 0 Å². The van der Waals surface area contributed by atoms with E-state index in [9.17, 15) is 0 Å². The zero-order valence-electron chi connectivity index (χ0n) is 19.1. The van der Waals surface area contributed by atoms with Crippen LogP contribution >= 0.6 is 0 Å². The number of ether oxygens (including phenoxy) is 2. The normalized spacial score (nSPS) is 17.9. The van der Waals surface area contributed by atoms with E-state index >= 15 is 0 Å². The van der Waals surface area contributed by atoms with Gasteiger partial charge in [0.05, 0.1) is 24.9 Å². The molecule has 1 aromatic heterocycles. The summed E-state index contributed by atoms with van der Waals surface area (Å²) in [6.07, 6.45) is 4.62. The molecule has 2 aliphatic rings. The highest BCUT2D eigenvalue weighted by Crippen LogP contribution is 2.44. The van der Waals surface area contributed by atoms with Crippen molar-refractivity contribution in [1.29, 1.82) is 0 Å². The largest absolute Gasteiger partial charge is 0.493 e. The summed E-state index contributed by atoms with van der Waals surface area (Å²) < 4.78 is 11.8. The van der Waals surface area contributed by atoms with Gasteiger partial charge in [0.1, 0.15) is 5.82 Å². The van der Waals surface area contributed by atoms with Crippen molar-refractivity contribution < 1.29 is 9.47 Å². The number of methoxy groups -OCH3 is 1. The molecule has 6 heteroatoms. The number of rotatable bonds is 8. The van der Waals surface area contributed by atoms with E-state index in [4.69, 9.17) is 14.5 Å². The lowest BCUT2D eigenvalue weighted by molar-refractivity contribution is 0.254. The molecule has 4 rings (SSSR count). The number of benzene rings is 1. The first-order valence-electron chi connectivity index (χ1n) is 11.3. The number of anilines is 2. The molecule has 6 nitrogen and oxygen atoms in total. The monoisotopic (exact) mass is 412 g/mol. The number of nitrogens with zero attached hydrogens (tertiary/aromatic N) is 2. The molecule has 2 aromatic rings. The Morgan fingerprint density at radius 1 is 1.20 bits per heavy atom. The molecule has 0 bridgehead atoms. The van der Waals surface area contributed by atoms with Crippen LogP contribution in [0.2, 0.25) is 0 Å². The van der Waals surface area contributed by atoms with Crippen LogP contribution in [0.5, 0.6) is 11.5 Å². The quantitative estimate of drug-likeness (QED) is 0.614. The third kappa shape index (κ3) is 4.43. The molecular formula is C24H36N4O2. The summed E-state index contributed by atoms with van der Waals surface area (Å²) in [5.41, 5.74) is 3.34. The molecule has 0 unspecified atom stereocenters. The van der Waals surface area contributed by atoms with Crippen LogP contribution < -0.4 is 20.1 Å². The predicted octanol–water partition coefficient (Wildman–Crippen LogP) is 4.68. The predicted molar refractivity (Wildman–Crippen MR) is 124 cm³/mol. The van der Waals surface area contributed by atoms with Crippen molar-refractivity contribution >= 4 is 22.4 Å². The van der Waals surface area contributed by atoms with Crippen molar-refractivity contribution in [2.45, 2.75) is 65.0 Å². The Labute approximate surface area is 180 Å². The zero-order chi connectivity index (χ0) is 21.3. The smallest absolute Gasteiger partial charge is 0.163 e. The van der Waals surface area contributed by atoms with Gasteiger partial charge in [0.2, 0.25) is 0 Å². The Bertz CT molecular complexity index is 904. The molecule has 0 atom stereocenters. The van der Waals surface area contributed by atoms with Gasteiger partial charge in [0.15, 0.2) is 11.5 Å². The highest BCUT2D eigenvalue weighted by atomic mass is 16.5. The zero-order valence-corrected chi connectivity index (χ0v) is 19.1. The Balaban J connectivity index is 1.61. The Hall–Kier alpha value is -2.21. The number of nitrogens with one attached hydrogen (secondary N) is 2. The van der Waals surface area contributed by atoms with E-state index in [2.05, 4.69) is 49.3 Å². The van der Waals surface area contributed by atoms with Crippen molar-refractivity contribution in [3.8, 4) is 11.5 Å². The van der Waals surface area contributed by atoms with Crippen LogP contribution in [-0.4, -0.2) is 54.8 Å². The minimum absolute atomic E-state index is 0.00366. The maximum absolute atomic E-state index is 6.14. The minimum atomic E-state index is 0.00366. The van der Waals surface area contributed by atoms with Gasteiger partial charge in [-0.25, -0.2) is 4.98 Å². The Morgan fingerprint density at radius 3 is 2.67 bits per heavy atom. The van der Waals surface area contributed by atoms with Crippen molar-refractivity contribution in [2.75, 3.05) is 44.0 Å². The summed E-state index contributed by atoms with van der Waals surface area (Å²) in [7, 11) is 1.71. The van der Waals surface area contributed by atoms with E-state index in [0.29, 0.717) is 12.6 Å². The van der Waals surface area contributed by atoms with E-state index in [0.717, 1.165) is 53.3 Å². The topological polar surface area (TPSA) is 58.6 Å². The first-order valence-corrected chi connectivity index (χ1v) is 11.3. The van der Waals surface area contributed by atoms with Gasteiger partial charge in [-0.15, -0.1) is 0 Å². The van der Waals surface area contributed by atoms with Crippen molar-refractivity contribution in [3.05, 3.63) is 17.7 Å². The average Bonchev–Trinajstić information content (AvgIpc) is 3.31. The molecule has 1 fully saturated rings. The molecule has 164 valence electrons. The van der Waals surface area contributed by atoms with Crippen molar-refractivity contribution in [1.82, 2.24) is 9.88 Å². The summed E-state index contributed by atoms with van der Waals surface area (Å²) in [5.74, 6) is 2.51. The second kappa shape index (κ2) is 8.50. The highest BCUT2D eigenvalue weighted by molar-refractivity contribution is 5.99. The minimum Gasteiger partial charge on any atom is -0.493 e. The lowest BCUT2D eigenvalue weighted by Gasteiger charge is -2.19. The SMILES string of the molecule is COc1cc2c3c(c(NC(C)C)nc2cc1OCCCN1CCCC1)CC(C)(C)N3. The maximum Gasteiger partial charge on any atom is 0.163 e. The van der Waals surface area contributed by atoms with Gasteiger partial charge in [-0.2, -0.15) is 0 Å². The first kappa shape index (κ1) is 21.0. The summed E-state index contributed by atoms with van der Waals surface area (Å²) in [5, 5.41) is 8.33. The molecule has 0 spiro atoms. The van der Waals surface area contributed by atoms with Crippen molar-refractivity contribution in [3.63, 3.8) is 0 Å². The van der Waals surface area contributed by atoms with Crippen LogP contribution in [0.1, 0.15) is 52.5 Å². The molecule has 1 aromatic carbocycles. The van der Waals surface area contributed by atoms with E-state index in [1.54, 1.807) is 7.11 Å². The molecular weight excluding hydrogens is 376 g/mol. The number of hydrogen-bond acceptors (Lipinski definition) is 6. The molecule has 0 amide bonds. The molecule has 0 aliphatic carbocycles. The second-order valence-corrected chi connectivity index (χ2v) is 9.57. The van der Waals surface area contributed by atoms with E-state index in [1.807, 2.05) is 6.07 Å². The maximum atomic E-state index is 6.14. The van der Waals surface area contributed by atoms with Gasteiger partial charge in [-0.05, 0) is 66.1 Å². The Morgan fingerprint density at radius 2 is 1.97 bits per heavy atom. The summed E-state index contributed by atoms with van der Waals surface area (Å²) in [4.78, 5) is 7.50. The molecule has 2 N–H and O–H groups in total. The van der Waals surface area contributed by atoms with E-state index in [1.165, 1.54) is 31.5 Å². The molecule has 3 heterocycles. The first-order chi connectivity index (χ1) is 14.4. The fourth-order valence-corrected chi connectivity index (χ4v) is 4.59. The van der Waals surface area contributed by atoms with Gasteiger partial charge in [-0.3, -0.25) is 0 Å². The number of likely N-dealkylation sites (tertiary alicyclic amines) is 1. The van der Waals surface area contributed by atoms with Gasteiger partial charge in [0, 0.05) is 41.6 Å². The second-order valence-electron chi connectivity index (χ2n) is 9.57. The van der Waals surface area contributed by atoms with Crippen LogP contribution in [-0.2, 0) is 6.42 Å². The molecule has 0 saturated carbocycles. The van der Waals surface area contributed by atoms with Gasteiger partial charge in [0.25, 0.3) is 0 Å². The van der Waals surface area contributed by atoms with Crippen molar-refractivity contribution in [2.24, 2.45) is 0 Å². The van der Waals surface area contributed by atoms with E-state index in [-0.39, 0.29) is 5.54 Å². The van der Waals surface area contributed by atoms with Gasteiger partial charge < -0.3 is 25.0 Å². The standard InChI is InChI=1S/C24H36N4O2/c1-16(2)25-23-18-15-24(3,4)27-22(18)17-13-20(29-5)21(14-19(17)26-23)30-12-8-11-28-9-6-7-10-28/h13-14,16,27H,6-12,15H2,1-5H3,(H,25,26). The lowest BCUT2D eigenvalue weighted by atomic mass is 10.00. The summed E-state index contributed by atoms with van der Waals surface area (Å²) in [6, 6.07) is 4.43. The van der Waals surface area contributed by atoms with Crippen LogP contribution in [0.25, 0.3) is 10.9 Å². The number of hydrogen-bond donors (Lipinski definition) is 2. The van der Waals surface area contributed by atoms with E-state index < -0.39 is 0 Å².